The molecule has 0 heterocycles. The summed E-state index contributed by atoms with van der Waals surface area (Å²) < 4.78 is 10.3. The lowest BCUT2D eigenvalue weighted by molar-refractivity contribution is 0.0325. The molecule has 0 saturated heterocycles. The molecule has 4 heteroatoms. The fraction of sp³-hybridized carbons (Fsp3) is 0.500. The minimum absolute atomic E-state index is 0.167. The van der Waals surface area contributed by atoms with Crippen LogP contribution < -0.4 is 4.74 Å². The van der Waals surface area contributed by atoms with Crippen molar-refractivity contribution in [1.82, 2.24) is 0 Å². The standard InChI is InChI=1S/C14H18O4/c1-17-8-11(15)9-18-12-6-5-10-3-2-4-14(16)13(10)7-12/h5-7,11,15H,2-4,8-9H2,1H3. The number of aliphatic hydroxyl groups excluding tert-OH is 1. The van der Waals surface area contributed by atoms with Crippen molar-refractivity contribution >= 4 is 5.78 Å². The summed E-state index contributed by atoms with van der Waals surface area (Å²) in [5.41, 5.74) is 1.86. The van der Waals surface area contributed by atoms with E-state index in [1.54, 1.807) is 6.07 Å². The van der Waals surface area contributed by atoms with Gasteiger partial charge in [0.15, 0.2) is 5.78 Å². The third kappa shape index (κ3) is 3.09. The zero-order chi connectivity index (χ0) is 13.0. The average Bonchev–Trinajstić information content (AvgIpc) is 2.37. The number of rotatable bonds is 5. The maximum absolute atomic E-state index is 11.8. The Morgan fingerprint density at radius 3 is 2.94 bits per heavy atom. The Hall–Kier alpha value is -1.39. The van der Waals surface area contributed by atoms with Crippen molar-refractivity contribution in [2.75, 3.05) is 20.3 Å². The van der Waals surface area contributed by atoms with E-state index in [2.05, 4.69) is 0 Å². The van der Waals surface area contributed by atoms with Crippen LogP contribution in [0.4, 0.5) is 0 Å². The molecule has 1 atom stereocenters. The molecule has 98 valence electrons. The van der Waals surface area contributed by atoms with Crippen molar-refractivity contribution in [3.05, 3.63) is 29.3 Å². The predicted molar refractivity (Wildman–Crippen MR) is 67.1 cm³/mol. The van der Waals surface area contributed by atoms with Crippen LogP contribution in [0.15, 0.2) is 18.2 Å². The van der Waals surface area contributed by atoms with Crippen LogP contribution >= 0.6 is 0 Å². The third-order valence-electron chi connectivity index (χ3n) is 3.03. The molecule has 1 aliphatic rings. The summed E-state index contributed by atoms with van der Waals surface area (Å²) in [5.74, 6) is 0.804. The second-order valence-corrected chi connectivity index (χ2v) is 4.52. The van der Waals surface area contributed by atoms with E-state index in [1.165, 1.54) is 7.11 Å². The smallest absolute Gasteiger partial charge is 0.163 e. The zero-order valence-electron chi connectivity index (χ0n) is 10.5. The highest BCUT2D eigenvalue weighted by Crippen LogP contribution is 2.25. The SMILES string of the molecule is COCC(O)COc1ccc2c(c1)C(=O)CCC2. The summed E-state index contributed by atoms with van der Waals surface area (Å²) in [6.45, 7) is 0.407. The van der Waals surface area contributed by atoms with Gasteiger partial charge in [-0.2, -0.15) is 0 Å². The molecule has 1 aromatic rings. The first kappa shape index (κ1) is 13.1. The monoisotopic (exact) mass is 250 g/mol. The van der Waals surface area contributed by atoms with Crippen LogP contribution in [0.1, 0.15) is 28.8 Å². The fourth-order valence-electron chi connectivity index (χ4n) is 2.13. The first-order chi connectivity index (χ1) is 8.70. The molecule has 0 radical (unpaired) electrons. The maximum atomic E-state index is 11.8. The van der Waals surface area contributed by atoms with E-state index in [-0.39, 0.29) is 19.0 Å². The number of carbonyl (C=O) groups is 1. The summed E-state index contributed by atoms with van der Waals surface area (Å²) in [5, 5.41) is 9.48. The molecule has 0 fully saturated rings. The van der Waals surface area contributed by atoms with Gasteiger partial charge in [0.05, 0.1) is 6.61 Å². The number of ketones is 1. The Morgan fingerprint density at radius 1 is 1.33 bits per heavy atom. The minimum Gasteiger partial charge on any atom is -0.491 e. The number of carbonyl (C=O) groups excluding carboxylic acids is 1. The lowest BCUT2D eigenvalue weighted by atomic mass is 9.90. The second kappa shape index (κ2) is 5.98. The molecule has 1 N–H and O–H groups in total. The number of Topliss-reactive ketones (excluding diaryl/α,β-unsaturated/α-hetero) is 1. The van der Waals surface area contributed by atoms with Gasteiger partial charge in [0, 0.05) is 19.1 Å². The van der Waals surface area contributed by atoms with Crippen LogP contribution in [0, 0.1) is 0 Å². The number of methoxy groups -OCH3 is 1. The molecule has 1 aliphatic carbocycles. The van der Waals surface area contributed by atoms with E-state index in [9.17, 15) is 9.90 Å². The molecule has 0 bridgehead atoms. The van der Waals surface area contributed by atoms with Crippen LogP contribution in [0.25, 0.3) is 0 Å². The number of aryl methyl sites for hydroxylation is 1. The van der Waals surface area contributed by atoms with Crippen LogP contribution in [-0.2, 0) is 11.2 Å². The predicted octanol–water partition coefficient (Wildman–Crippen LogP) is 1.59. The highest BCUT2D eigenvalue weighted by atomic mass is 16.5. The third-order valence-corrected chi connectivity index (χ3v) is 3.03. The summed E-state index contributed by atoms with van der Waals surface area (Å²) >= 11 is 0. The van der Waals surface area contributed by atoms with E-state index in [0.29, 0.717) is 12.2 Å². The van der Waals surface area contributed by atoms with E-state index >= 15 is 0 Å². The lowest BCUT2D eigenvalue weighted by Crippen LogP contribution is -2.22. The first-order valence-corrected chi connectivity index (χ1v) is 6.16. The van der Waals surface area contributed by atoms with Crippen molar-refractivity contribution in [2.24, 2.45) is 0 Å². The van der Waals surface area contributed by atoms with E-state index in [0.717, 1.165) is 24.0 Å². The Morgan fingerprint density at radius 2 is 2.17 bits per heavy atom. The zero-order valence-corrected chi connectivity index (χ0v) is 10.5. The summed E-state index contributed by atoms with van der Waals surface area (Å²) in [4.78, 5) is 11.8. The summed E-state index contributed by atoms with van der Waals surface area (Å²) in [6.07, 6.45) is 1.84. The van der Waals surface area contributed by atoms with Gasteiger partial charge in [0.25, 0.3) is 0 Å². The Bertz CT molecular complexity index is 428. The Kier molecular flexibility index (Phi) is 4.33. The first-order valence-electron chi connectivity index (χ1n) is 6.16. The van der Waals surface area contributed by atoms with Gasteiger partial charge in [-0.3, -0.25) is 4.79 Å². The molecule has 1 aromatic carbocycles. The highest BCUT2D eigenvalue weighted by Gasteiger charge is 2.17. The normalized spacial score (nSPS) is 16.2. The summed E-state index contributed by atoms with van der Waals surface area (Å²) in [7, 11) is 1.53. The number of hydrogen-bond donors (Lipinski definition) is 1. The van der Waals surface area contributed by atoms with E-state index in [4.69, 9.17) is 9.47 Å². The number of fused-ring (bicyclic) bond motifs is 1. The number of hydrogen-bond acceptors (Lipinski definition) is 4. The number of aliphatic hydroxyl groups is 1. The maximum Gasteiger partial charge on any atom is 0.163 e. The molecule has 0 saturated carbocycles. The average molecular weight is 250 g/mol. The van der Waals surface area contributed by atoms with E-state index in [1.807, 2.05) is 12.1 Å². The lowest BCUT2D eigenvalue weighted by Gasteiger charge is -2.17. The molecule has 0 aromatic heterocycles. The molecule has 18 heavy (non-hydrogen) atoms. The minimum atomic E-state index is -0.651. The van der Waals surface area contributed by atoms with Gasteiger partial charge in [-0.25, -0.2) is 0 Å². The van der Waals surface area contributed by atoms with Gasteiger partial charge in [-0.1, -0.05) is 6.07 Å². The van der Waals surface area contributed by atoms with Crippen molar-refractivity contribution in [2.45, 2.75) is 25.4 Å². The van der Waals surface area contributed by atoms with Gasteiger partial charge in [-0.05, 0) is 30.5 Å². The molecule has 4 nitrogen and oxygen atoms in total. The molecular formula is C14H18O4. The largest absolute Gasteiger partial charge is 0.491 e. The van der Waals surface area contributed by atoms with Gasteiger partial charge >= 0.3 is 0 Å². The Labute approximate surface area is 107 Å². The topological polar surface area (TPSA) is 55.8 Å². The molecule has 1 unspecified atom stereocenters. The molecule has 0 spiro atoms. The van der Waals surface area contributed by atoms with E-state index < -0.39 is 6.10 Å². The quantitative estimate of drug-likeness (QED) is 0.862. The van der Waals surface area contributed by atoms with Crippen molar-refractivity contribution in [3.63, 3.8) is 0 Å². The second-order valence-electron chi connectivity index (χ2n) is 4.52. The molecular weight excluding hydrogens is 232 g/mol. The summed E-state index contributed by atoms with van der Waals surface area (Å²) in [6, 6.07) is 5.55. The van der Waals surface area contributed by atoms with Gasteiger partial charge in [-0.15, -0.1) is 0 Å². The van der Waals surface area contributed by atoms with Crippen molar-refractivity contribution < 1.29 is 19.4 Å². The van der Waals surface area contributed by atoms with Crippen LogP contribution in [0.2, 0.25) is 0 Å². The van der Waals surface area contributed by atoms with Crippen LogP contribution in [0.5, 0.6) is 5.75 Å². The fourth-order valence-corrected chi connectivity index (χ4v) is 2.13. The Balaban J connectivity index is 2.02. The van der Waals surface area contributed by atoms with Crippen molar-refractivity contribution in [1.29, 1.82) is 0 Å². The van der Waals surface area contributed by atoms with Crippen LogP contribution in [-0.4, -0.2) is 37.3 Å². The van der Waals surface area contributed by atoms with Gasteiger partial charge < -0.3 is 14.6 Å². The molecule has 0 amide bonds. The van der Waals surface area contributed by atoms with Crippen LogP contribution in [0.3, 0.4) is 0 Å². The molecule has 2 rings (SSSR count). The number of ether oxygens (including phenoxy) is 2. The highest BCUT2D eigenvalue weighted by molar-refractivity contribution is 5.98. The van der Waals surface area contributed by atoms with Gasteiger partial charge in [0.1, 0.15) is 18.5 Å². The number of benzene rings is 1. The van der Waals surface area contributed by atoms with Crippen molar-refractivity contribution in [3.8, 4) is 5.75 Å². The van der Waals surface area contributed by atoms with Gasteiger partial charge in [0.2, 0.25) is 0 Å². The molecule has 0 aliphatic heterocycles.